The number of nitrogens with one attached hydrogen (secondary N) is 3. The molecule has 1 atom stereocenters. The minimum absolute atomic E-state index is 0.0128. The van der Waals surface area contributed by atoms with E-state index < -0.39 is 52.8 Å². The number of hydrogen-bond acceptors (Lipinski definition) is 15. The van der Waals surface area contributed by atoms with Gasteiger partial charge in [0.1, 0.15) is 10.6 Å². The van der Waals surface area contributed by atoms with Crippen LogP contribution in [0.2, 0.25) is 0 Å². The maximum absolute atomic E-state index is 14.5. The summed E-state index contributed by atoms with van der Waals surface area (Å²) in [5.41, 5.74) is 4.15. The lowest BCUT2D eigenvalue weighted by atomic mass is 9.31. The van der Waals surface area contributed by atoms with Crippen LogP contribution in [0.4, 0.5) is 24.5 Å². The number of halogens is 3. The third-order valence-corrected chi connectivity index (χ3v) is 23.5. The van der Waals surface area contributed by atoms with E-state index in [1.54, 1.807) is 34.6 Å². The first-order chi connectivity index (χ1) is 41.1. The van der Waals surface area contributed by atoms with E-state index in [9.17, 15) is 39.6 Å². The number of alkyl halides is 3. The second-order valence-corrected chi connectivity index (χ2v) is 30.6. The van der Waals surface area contributed by atoms with Gasteiger partial charge in [0.15, 0.2) is 0 Å². The third kappa shape index (κ3) is 14.8. The number of benzene rings is 4. The van der Waals surface area contributed by atoms with Crippen molar-refractivity contribution in [3.05, 3.63) is 124 Å². The highest BCUT2D eigenvalue weighted by molar-refractivity contribution is 7.99. The van der Waals surface area contributed by atoms with Crippen molar-refractivity contribution < 1.29 is 44.3 Å². The van der Waals surface area contributed by atoms with Crippen molar-refractivity contribution >= 4 is 66.7 Å². The number of sulfone groups is 1. The van der Waals surface area contributed by atoms with E-state index in [1.165, 1.54) is 62.4 Å². The fourth-order valence-electron chi connectivity index (χ4n) is 13.4. The zero-order chi connectivity index (χ0) is 60.9. The van der Waals surface area contributed by atoms with E-state index in [2.05, 4.69) is 56.0 Å². The Morgan fingerprint density at radius 1 is 0.860 bits per heavy atom. The first-order valence-corrected chi connectivity index (χ1v) is 34.9. The predicted octanol–water partition coefficient (Wildman–Crippen LogP) is 11.4. The molecule has 3 saturated carbocycles. The summed E-state index contributed by atoms with van der Waals surface area (Å²) < 4.78 is 106. The largest absolute Gasteiger partial charge is 0.501 e. The first kappa shape index (κ1) is 63.5. The van der Waals surface area contributed by atoms with E-state index in [0.717, 1.165) is 135 Å². The molecule has 2 amide bonds. The normalized spacial score (nSPS) is 21.5. The molecule has 464 valence electrons. The molecule has 4 aliphatic carbocycles. The Kier molecular flexibility index (Phi) is 19.7. The average molecular weight is 1260 g/mol. The number of hydrogen-bond donors (Lipinski definition) is 3. The lowest BCUT2D eigenvalue weighted by Crippen LogP contribution is -2.63. The lowest BCUT2D eigenvalue weighted by molar-refractivity contribution is -0.182. The van der Waals surface area contributed by atoms with Crippen molar-refractivity contribution in [1.29, 1.82) is 0 Å². The molecule has 0 spiro atoms. The van der Waals surface area contributed by atoms with Gasteiger partial charge in [0, 0.05) is 105 Å². The van der Waals surface area contributed by atoms with Crippen LogP contribution in [0.15, 0.2) is 122 Å². The number of rotatable bonds is 27. The minimum atomic E-state index is -6.10. The van der Waals surface area contributed by atoms with E-state index in [4.69, 9.17) is 4.74 Å². The monoisotopic (exact) mass is 1260 g/mol. The maximum Gasteiger partial charge on any atom is 0.501 e. The van der Waals surface area contributed by atoms with Gasteiger partial charge in [0.25, 0.3) is 25.8 Å². The Hall–Kier alpha value is -5.49. The third-order valence-electron chi connectivity index (χ3n) is 18.5. The fourth-order valence-corrected chi connectivity index (χ4v) is 17.2. The quantitative estimate of drug-likeness (QED) is 0.0196. The Morgan fingerprint density at radius 2 is 1.56 bits per heavy atom. The Balaban J connectivity index is 0.734. The highest BCUT2D eigenvalue weighted by Crippen LogP contribution is 2.79. The summed E-state index contributed by atoms with van der Waals surface area (Å²) in [7, 11) is -11.0. The molecule has 2 bridgehead atoms. The second-order valence-electron chi connectivity index (χ2n) is 25.0. The summed E-state index contributed by atoms with van der Waals surface area (Å²) in [4.78, 5) is 38.4. The molecule has 2 saturated heterocycles. The van der Waals surface area contributed by atoms with Crippen LogP contribution in [0.3, 0.4) is 0 Å². The van der Waals surface area contributed by atoms with Crippen LogP contribution >= 0.6 is 23.1 Å². The van der Waals surface area contributed by atoms with Crippen LogP contribution in [0.1, 0.15) is 107 Å². The molecule has 4 aromatic carbocycles. The predicted molar refractivity (Wildman–Crippen MR) is 335 cm³/mol. The number of anilines is 2. The standard InChI is InChI=1S/C64H81F3N8O7S4/c1-5-62-41-63(42-62,43-62)55-37-61(3,4)23-21-50(55)39-74-30-32-75(33-31-74)52-17-15-47(16-18-52)60(77)71-86(80,81)54-19-20-56(58(36-54)85(78,79)64(65,66)67)70-51(40-83-53-11-7-6-8-12-53)22-25-73-28-26-72(27-29-73)24-9-10-34-82-57-35-48(59-46(2)69-45-84-59)13-14-49(57)38-68-44-76/h6-8,11-20,35-36,44-45,51,70H,5,9-10,21-34,37-43H2,1-4H3,(H,68,76)(H,71,77)/t51-,62?,63?/m1/s1. The van der Waals surface area contributed by atoms with Crippen molar-refractivity contribution in [2.45, 2.75) is 125 Å². The van der Waals surface area contributed by atoms with Gasteiger partial charge in [-0.05, 0) is 154 Å². The first-order valence-electron chi connectivity index (χ1n) is 30.1. The number of allylic oxidation sites excluding steroid dienone is 1. The SMILES string of the molecule is CCC12CC(C3=C(CN4CCN(c5ccc(C(=O)NS(=O)(=O)c6ccc(N[C@H](CCN7CCN(CCCCOc8cc(-c9scnc9C)ccc8CNC=O)CC7)CSc7ccccc7)c(S(=O)(=O)C(F)(F)F)c6)cc5)CC4)CCC(C)(C)C3)(C1)C2. The van der Waals surface area contributed by atoms with Crippen molar-refractivity contribution in [3.63, 3.8) is 0 Å². The topological polar surface area (TPSA) is 174 Å². The van der Waals surface area contributed by atoms with Crippen LogP contribution in [-0.2, 0) is 31.2 Å². The van der Waals surface area contributed by atoms with Gasteiger partial charge in [-0.3, -0.25) is 14.5 Å². The molecular formula is C64H81F3N8O7S4. The molecule has 6 aliphatic rings. The summed E-state index contributed by atoms with van der Waals surface area (Å²) >= 11 is 3.03. The summed E-state index contributed by atoms with van der Waals surface area (Å²) in [5.74, 6) is 0.0607. The van der Waals surface area contributed by atoms with Crippen LogP contribution in [0.5, 0.6) is 5.75 Å². The van der Waals surface area contributed by atoms with Crippen molar-refractivity contribution in [1.82, 2.24) is 29.7 Å². The highest BCUT2D eigenvalue weighted by atomic mass is 32.2. The molecule has 3 N–H and O–H groups in total. The number of aromatic nitrogens is 1. The molecule has 5 aromatic rings. The van der Waals surface area contributed by atoms with Crippen LogP contribution in [0, 0.1) is 23.2 Å². The zero-order valence-corrected chi connectivity index (χ0v) is 53.0. The van der Waals surface area contributed by atoms with E-state index in [1.807, 2.05) is 65.7 Å². The molecular weight excluding hydrogens is 1180 g/mol. The maximum atomic E-state index is 14.5. The fraction of sp³-hybridized carbons (Fsp3) is 0.516. The average Bonchev–Trinajstić information content (AvgIpc) is 0.763. The molecule has 0 unspecified atom stereocenters. The number of thiazole rings is 1. The van der Waals surface area contributed by atoms with Crippen molar-refractivity contribution in [3.8, 4) is 16.2 Å². The molecule has 22 heteroatoms. The zero-order valence-electron chi connectivity index (χ0n) is 49.7. The summed E-state index contributed by atoms with van der Waals surface area (Å²) in [6.07, 6.45) is 11.7. The Labute approximate surface area is 513 Å². The Morgan fingerprint density at radius 3 is 2.22 bits per heavy atom. The highest BCUT2D eigenvalue weighted by Gasteiger charge is 2.68. The number of aryl methyl sites for hydroxylation is 1. The van der Waals surface area contributed by atoms with Gasteiger partial charge in [-0.2, -0.15) is 13.2 Å². The number of thioether (sulfide) groups is 1. The smallest absolute Gasteiger partial charge is 0.493 e. The molecule has 3 heterocycles. The number of amides is 2. The summed E-state index contributed by atoms with van der Waals surface area (Å²) in [6, 6.07) is 23.9. The van der Waals surface area contributed by atoms with Gasteiger partial charge >= 0.3 is 5.51 Å². The van der Waals surface area contributed by atoms with Crippen LogP contribution < -0.4 is 25.0 Å². The number of unbranched alkanes of at least 4 members (excludes halogenated alkanes) is 1. The molecule has 0 radical (unpaired) electrons. The molecule has 11 rings (SSSR count). The summed E-state index contributed by atoms with van der Waals surface area (Å²) in [5, 5.41) is 5.81. The van der Waals surface area contributed by atoms with Gasteiger partial charge in [-0.1, -0.05) is 68.7 Å². The van der Waals surface area contributed by atoms with Gasteiger partial charge in [0.2, 0.25) is 6.41 Å². The molecule has 1 aromatic heterocycles. The van der Waals surface area contributed by atoms with E-state index in [0.29, 0.717) is 60.6 Å². The molecule has 2 aliphatic heterocycles. The van der Waals surface area contributed by atoms with Gasteiger partial charge in [-0.25, -0.2) is 26.5 Å². The number of nitrogens with zero attached hydrogens (tertiary/aromatic N) is 5. The molecule has 5 fully saturated rings. The van der Waals surface area contributed by atoms with E-state index >= 15 is 0 Å². The van der Waals surface area contributed by atoms with Gasteiger partial charge < -0.3 is 30.1 Å². The van der Waals surface area contributed by atoms with Gasteiger partial charge in [0.05, 0.1) is 33.3 Å². The number of sulfonamides is 1. The van der Waals surface area contributed by atoms with E-state index in [-0.39, 0.29) is 5.56 Å². The number of carbonyl (C=O) groups is 2. The second kappa shape index (κ2) is 26.7. The minimum Gasteiger partial charge on any atom is -0.493 e. The summed E-state index contributed by atoms with van der Waals surface area (Å²) in [6.45, 7) is 18.9. The van der Waals surface area contributed by atoms with Gasteiger partial charge in [-0.15, -0.1) is 23.1 Å². The number of ether oxygens (including phenoxy) is 1. The van der Waals surface area contributed by atoms with Crippen molar-refractivity contribution in [2.75, 3.05) is 94.6 Å². The van der Waals surface area contributed by atoms with Crippen molar-refractivity contribution in [2.24, 2.45) is 16.2 Å². The molecule has 15 nitrogen and oxygen atoms in total. The molecule has 86 heavy (non-hydrogen) atoms. The van der Waals surface area contributed by atoms with Crippen LogP contribution in [0.25, 0.3) is 10.4 Å². The number of piperazine rings is 2. The lowest BCUT2D eigenvalue weighted by Gasteiger charge is -2.73. The number of carbonyl (C=O) groups excluding carboxylic acids is 2. The Bertz CT molecular complexity index is 3440. The van der Waals surface area contributed by atoms with Crippen LogP contribution in [-0.4, -0.2) is 145 Å².